The van der Waals surface area contributed by atoms with Crippen LogP contribution in [0.15, 0.2) is 42.7 Å². The molecule has 1 atom stereocenters. The number of nitrogens with one attached hydrogen (secondary N) is 1. The highest BCUT2D eigenvalue weighted by Gasteiger charge is 2.27. The Bertz CT molecular complexity index is 670. The fraction of sp³-hybridized carbons (Fsp3) is 0.421. The average Bonchev–Trinajstić information content (AvgIpc) is 2.62. The van der Waals surface area contributed by atoms with Crippen LogP contribution >= 0.6 is 0 Å². The van der Waals surface area contributed by atoms with Crippen LogP contribution in [-0.2, 0) is 4.79 Å². The lowest BCUT2D eigenvalue weighted by atomic mass is 9.97. The minimum atomic E-state index is 0.0125. The molecule has 0 radical (unpaired) electrons. The summed E-state index contributed by atoms with van der Waals surface area (Å²) in [5.41, 5.74) is 2.11. The number of hydrogen-bond acceptors (Lipinski definition) is 4. The second-order valence-corrected chi connectivity index (χ2v) is 6.59. The summed E-state index contributed by atoms with van der Waals surface area (Å²) in [6.07, 6.45) is 5.63. The van der Waals surface area contributed by atoms with E-state index < -0.39 is 0 Å². The molecule has 0 unspecified atom stereocenters. The monoisotopic (exact) mass is 324 g/mol. The van der Waals surface area contributed by atoms with Crippen molar-refractivity contribution in [2.45, 2.75) is 32.7 Å². The molecule has 1 N–H and O–H groups in total. The number of carbonyl (C=O) groups excluding carboxylic acids is 1. The summed E-state index contributed by atoms with van der Waals surface area (Å²) in [7, 11) is 0. The maximum Gasteiger partial charge on any atom is 0.225 e. The van der Waals surface area contributed by atoms with Gasteiger partial charge in [-0.05, 0) is 32.3 Å². The molecule has 5 heteroatoms. The second kappa shape index (κ2) is 7.43. The van der Waals surface area contributed by atoms with Crippen molar-refractivity contribution < 1.29 is 4.79 Å². The van der Waals surface area contributed by atoms with Crippen LogP contribution < -0.4 is 10.2 Å². The lowest BCUT2D eigenvalue weighted by molar-refractivity contribution is -0.125. The van der Waals surface area contributed by atoms with Gasteiger partial charge in [-0.3, -0.25) is 4.79 Å². The van der Waals surface area contributed by atoms with E-state index in [1.807, 2.05) is 56.6 Å². The molecule has 1 aliphatic heterocycles. The van der Waals surface area contributed by atoms with Gasteiger partial charge >= 0.3 is 0 Å². The van der Waals surface area contributed by atoms with Crippen molar-refractivity contribution in [3.05, 3.63) is 42.7 Å². The molecule has 0 bridgehead atoms. The van der Waals surface area contributed by atoms with E-state index in [9.17, 15) is 4.79 Å². The van der Waals surface area contributed by atoms with Gasteiger partial charge in [-0.25, -0.2) is 9.97 Å². The van der Waals surface area contributed by atoms with Crippen molar-refractivity contribution in [3.63, 3.8) is 0 Å². The number of anilines is 1. The van der Waals surface area contributed by atoms with Crippen LogP contribution in [0.2, 0.25) is 0 Å². The molecular weight excluding hydrogens is 300 g/mol. The number of nitrogens with zero attached hydrogens (tertiary/aromatic N) is 3. The number of carbonyl (C=O) groups is 1. The largest absolute Gasteiger partial charge is 0.354 e. The van der Waals surface area contributed by atoms with E-state index in [-0.39, 0.29) is 17.9 Å². The second-order valence-electron chi connectivity index (χ2n) is 6.59. The van der Waals surface area contributed by atoms with Crippen molar-refractivity contribution in [2.24, 2.45) is 5.92 Å². The molecular formula is C19H24N4O. The van der Waals surface area contributed by atoms with Crippen molar-refractivity contribution >= 4 is 11.9 Å². The minimum absolute atomic E-state index is 0.0125. The Kier molecular flexibility index (Phi) is 5.08. The van der Waals surface area contributed by atoms with E-state index >= 15 is 0 Å². The van der Waals surface area contributed by atoms with Crippen LogP contribution in [0.25, 0.3) is 11.1 Å². The summed E-state index contributed by atoms with van der Waals surface area (Å²) in [5.74, 6) is 0.853. The zero-order valence-electron chi connectivity index (χ0n) is 14.3. The van der Waals surface area contributed by atoms with Crippen molar-refractivity contribution in [1.29, 1.82) is 0 Å². The highest BCUT2D eigenvalue weighted by molar-refractivity contribution is 5.79. The standard InChI is InChI=1S/C19H24N4O/c1-14(2)22-18(24)16-9-6-10-23(13-16)19-20-11-17(12-21-19)15-7-4-3-5-8-15/h3-5,7-8,11-12,14,16H,6,9-10,13H2,1-2H3,(H,22,24)/t16-/m1/s1. The van der Waals surface area contributed by atoms with Crippen molar-refractivity contribution in [1.82, 2.24) is 15.3 Å². The summed E-state index contributed by atoms with van der Waals surface area (Å²) in [6.45, 7) is 5.56. The maximum atomic E-state index is 12.2. The molecule has 1 saturated heterocycles. The van der Waals surface area contributed by atoms with E-state index in [0.29, 0.717) is 12.5 Å². The fourth-order valence-electron chi connectivity index (χ4n) is 3.04. The zero-order chi connectivity index (χ0) is 16.9. The lowest BCUT2D eigenvalue weighted by Gasteiger charge is -2.32. The Labute approximate surface area is 143 Å². The predicted molar refractivity (Wildman–Crippen MR) is 95.7 cm³/mol. The highest BCUT2D eigenvalue weighted by atomic mass is 16.2. The van der Waals surface area contributed by atoms with Gasteiger partial charge in [-0.1, -0.05) is 30.3 Å². The first-order chi connectivity index (χ1) is 11.6. The Morgan fingerprint density at radius 2 is 1.88 bits per heavy atom. The molecule has 1 amide bonds. The Hall–Kier alpha value is -2.43. The van der Waals surface area contributed by atoms with Crippen LogP contribution in [0.5, 0.6) is 0 Å². The summed E-state index contributed by atoms with van der Waals surface area (Å²) in [4.78, 5) is 23.4. The van der Waals surface area contributed by atoms with E-state index in [0.717, 1.165) is 30.5 Å². The molecule has 1 fully saturated rings. The highest BCUT2D eigenvalue weighted by Crippen LogP contribution is 2.22. The fourth-order valence-corrected chi connectivity index (χ4v) is 3.04. The Morgan fingerprint density at radius 3 is 2.54 bits per heavy atom. The third-order valence-electron chi connectivity index (χ3n) is 4.25. The van der Waals surface area contributed by atoms with Crippen molar-refractivity contribution in [2.75, 3.05) is 18.0 Å². The molecule has 0 spiro atoms. The van der Waals surface area contributed by atoms with Gasteiger partial charge in [0.25, 0.3) is 0 Å². The third-order valence-corrected chi connectivity index (χ3v) is 4.25. The van der Waals surface area contributed by atoms with Gasteiger partial charge in [0.1, 0.15) is 0 Å². The number of amides is 1. The molecule has 2 heterocycles. The molecule has 5 nitrogen and oxygen atoms in total. The number of piperidine rings is 1. The first-order valence-corrected chi connectivity index (χ1v) is 8.56. The summed E-state index contributed by atoms with van der Waals surface area (Å²) >= 11 is 0. The molecule has 1 aromatic heterocycles. The van der Waals surface area contributed by atoms with E-state index in [1.165, 1.54) is 0 Å². The first kappa shape index (κ1) is 16.4. The van der Waals surface area contributed by atoms with Crippen molar-refractivity contribution in [3.8, 4) is 11.1 Å². The van der Waals surface area contributed by atoms with Gasteiger partial charge in [0.15, 0.2) is 0 Å². The van der Waals surface area contributed by atoms with Gasteiger partial charge in [0.2, 0.25) is 11.9 Å². The summed E-state index contributed by atoms with van der Waals surface area (Å²) < 4.78 is 0. The zero-order valence-corrected chi connectivity index (χ0v) is 14.3. The summed E-state index contributed by atoms with van der Waals surface area (Å²) in [5, 5.41) is 3.01. The lowest BCUT2D eigenvalue weighted by Crippen LogP contribution is -2.45. The number of aromatic nitrogens is 2. The molecule has 3 rings (SSSR count). The Morgan fingerprint density at radius 1 is 1.17 bits per heavy atom. The van der Waals surface area contributed by atoms with Gasteiger partial charge in [0.05, 0.1) is 5.92 Å². The summed E-state index contributed by atoms with van der Waals surface area (Å²) in [6, 6.07) is 10.3. The normalized spacial score (nSPS) is 17.8. The maximum absolute atomic E-state index is 12.2. The van der Waals surface area contributed by atoms with Crippen LogP contribution in [0.4, 0.5) is 5.95 Å². The SMILES string of the molecule is CC(C)NC(=O)[C@@H]1CCCN(c2ncc(-c3ccccc3)cn2)C1. The molecule has 126 valence electrons. The van der Waals surface area contributed by atoms with Gasteiger partial charge in [-0.15, -0.1) is 0 Å². The smallest absolute Gasteiger partial charge is 0.225 e. The molecule has 0 aliphatic carbocycles. The van der Waals surface area contributed by atoms with E-state index in [4.69, 9.17) is 0 Å². The first-order valence-electron chi connectivity index (χ1n) is 8.56. The van der Waals surface area contributed by atoms with Crippen LogP contribution in [-0.4, -0.2) is 35.0 Å². The van der Waals surface area contributed by atoms with Crippen LogP contribution in [0, 0.1) is 5.92 Å². The van der Waals surface area contributed by atoms with Gasteiger partial charge < -0.3 is 10.2 Å². The number of benzene rings is 1. The molecule has 24 heavy (non-hydrogen) atoms. The average molecular weight is 324 g/mol. The van der Waals surface area contributed by atoms with Crippen LogP contribution in [0.3, 0.4) is 0 Å². The van der Waals surface area contributed by atoms with Crippen LogP contribution in [0.1, 0.15) is 26.7 Å². The van der Waals surface area contributed by atoms with Gasteiger partial charge in [0, 0.05) is 37.1 Å². The predicted octanol–water partition coefficient (Wildman–Crippen LogP) is 2.88. The Balaban J connectivity index is 1.69. The number of rotatable bonds is 4. The molecule has 1 aromatic carbocycles. The van der Waals surface area contributed by atoms with E-state index in [2.05, 4.69) is 20.2 Å². The molecule has 0 saturated carbocycles. The number of hydrogen-bond donors (Lipinski definition) is 1. The van der Waals surface area contributed by atoms with Gasteiger partial charge in [-0.2, -0.15) is 0 Å². The minimum Gasteiger partial charge on any atom is -0.354 e. The van der Waals surface area contributed by atoms with E-state index in [1.54, 1.807) is 0 Å². The topological polar surface area (TPSA) is 58.1 Å². The molecule has 1 aliphatic rings. The third kappa shape index (κ3) is 3.91. The molecule has 2 aromatic rings. The quantitative estimate of drug-likeness (QED) is 0.939.